The van der Waals surface area contributed by atoms with Crippen molar-refractivity contribution in [3.05, 3.63) is 46.2 Å². The van der Waals surface area contributed by atoms with Gasteiger partial charge in [0, 0.05) is 23.0 Å². The van der Waals surface area contributed by atoms with Crippen LogP contribution in [-0.4, -0.2) is 29.4 Å². The number of fused-ring (bicyclic) bond motifs is 5. The number of nitrogens with zero attached hydrogens (tertiary/aromatic N) is 2. The Morgan fingerprint density at radius 3 is 2.74 bits per heavy atom. The van der Waals surface area contributed by atoms with Crippen molar-refractivity contribution in [2.24, 2.45) is 28.3 Å². The predicted octanol–water partition coefficient (Wildman–Crippen LogP) is 7.28. The number of benzene rings is 1. The first-order valence-corrected chi connectivity index (χ1v) is 13.3. The van der Waals surface area contributed by atoms with Crippen LogP contribution in [0.3, 0.4) is 0 Å². The van der Waals surface area contributed by atoms with Gasteiger partial charge in [0.15, 0.2) is 5.82 Å². The van der Waals surface area contributed by atoms with Crippen LogP contribution < -0.4 is 5.32 Å². The van der Waals surface area contributed by atoms with Crippen molar-refractivity contribution in [3.63, 3.8) is 0 Å². The Morgan fingerprint density at radius 1 is 1.29 bits per heavy atom. The van der Waals surface area contributed by atoms with E-state index in [-0.39, 0.29) is 5.41 Å². The van der Waals surface area contributed by atoms with E-state index in [0.717, 1.165) is 61.0 Å². The molecule has 2 aromatic rings. The molecule has 0 saturated heterocycles. The quantitative estimate of drug-likeness (QED) is 0.255. The Kier molecular flexibility index (Phi) is 9.40. The molecular weight excluding hydrogens is 462 g/mol. The number of oxime groups is 1. The molecule has 1 aromatic heterocycles. The maximum absolute atomic E-state index is 9.84. The molecule has 35 heavy (non-hydrogen) atoms. The second kappa shape index (κ2) is 12.1. The average molecular weight is 502 g/mol. The van der Waals surface area contributed by atoms with Gasteiger partial charge in [-0.25, -0.2) is 0 Å². The first kappa shape index (κ1) is 27.3. The number of carbonyl (C=O) groups is 1. The van der Waals surface area contributed by atoms with Gasteiger partial charge in [0.1, 0.15) is 12.5 Å². The van der Waals surface area contributed by atoms with Crippen LogP contribution in [0.2, 0.25) is 5.02 Å². The molecule has 0 amide bonds. The Labute approximate surface area is 214 Å². The minimum absolute atomic E-state index is 0.0289. The van der Waals surface area contributed by atoms with E-state index < -0.39 is 0 Å². The average Bonchev–Trinajstić information content (AvgIpc) is 3.43. The minimum Gasteiger partial charge on any atom is -0.411 e. The molecule has 3 unspecified atom stereocenters. The largest absolute Gasteiger partial charge is 0.411 e. The fraction of sp³-hybridized carbons (Fsp3) is 0.607. The van der Waals surface area contributed by atoms with Crippen LogP contribution in [0, 0.1) is 30.1 Å². The standard InChI is InChI=1S/C25H32ClN3O2.C2H6.CH2O/c1-15-12-23(29-31-15)27-11-3-4-17-14-22(28-30)25(2)10-9-20-19-8-6-18(26)13-16(19)5-7-21(20)24(17)25;2*1-2/h6,8,12-13,17,20-21,24,30H,3-5,7,9-11,14H2,1-2H3,(H,27,29);1-2H3;1H2/b28-22+;;/t17-,20?,21?,24?,25-;;/m1../s1. The molecule has 1 aromatic carbocycles. The van der Waals surface area contributed by atoms with Gasteiger partial charge in [-0.15, -0.1) is 0 Å². The van der Waals surface area contributed by atoms with Crippen LogP contribution >= 0.6 is 11.6 Å². The highest BCUT2D eigenvalue weighted by Gasteiger charge is 2.57. The van der Waals surface area contributed by atoms with Gasteiger partial charge in [-0.05, 0) is 98.8 Å². The fourth-order valence-electron chi connectivity index (χ4n) is 7.08. The van der Waals surface area contributed by atoms with Crippen molar-refractivity contribution in [2.75, 3.05) is 11.9 Å². The SMILES string of the molecule is C=O.CC.Cc1cc(NCCC[C@@H]2C/C(=N\O)[C@@]3(C)CCC4c5ccc(Cl)cc5CCC4C23)no1. The maximum atomic E-state index is 9.84. The van der Waals surface area contributed by atoms with Gasteiger partial charge in [0.05, 0.1) is 5.71 Å². The number of hydrogen-bond acceptors (Lipinski definition) is 6. The zero-order valence-electron chi connectivity index (χ0n) is 21.5. The number of halogens is 1. The molecule has 1 heterocycles. The third-order valence-electron chi connectivity index (χ3n) is 8.37. The van der Waals surface area contributed by atoms with E-state index in [1.807, 2.05) is 33.6 Å². The number of nitrogens with one attached hydrogen (secondary N) is 1. The van der Waals surface area contributed by atoms with Crippen molar-refractivity contribution in [2.45, 2.75) is 78.6 Å². The van der Waals surface area contributed by atoms with E-state index in [1.54, 1.807) is 0 Å². The topological polar surface area (TPSA) is 87.7 Å². The highest BCUT2D eigenvalue weighted by molar-refractivity contribution is 6.30. The van der Waals surface area contributed by atoms with Crippen molar-refractivity contribution in [1.29, 1.82) is 0 Å². The molecule has 0 radical (unpaired) electrons. The van der Waals surface area contributed by atoms with E-state index in [9.17, 15) is 5.21 Å². The number of anilines is 1. The van der Waals surface area contributed by atoms with Gasteiger partial charge >= 0.3 is 0 Å². The molecule has 5 atom stereocenters. The summed E-state index contributed by atoms with van der Waals surface area (Å²) in [6, 6.07) is 8.43. The predicted molar refractivity (Wildman–Crippen MR) is 142 cm³/mol. The Hall–Kier alpha value is -2.34. The van der Waals surface area contributed by atoms with Gasteiger partial charge < -0.3 is 19.8 Å². The lowest BCUT2D eigenvalue weighted by Gasteiger charge is -2.50. The highest BCUT2D eigenvalue weighted by atomic mass is 35.5. The number of aryl methyl sites for hydroxylation is 2. The molecule has 0 spiro atoms. The third kappa shape index (κ3) is 5.42. The molecule has 6 nitrogen and oxygen atoms in total. The van der Waals surface area contributed by atoms with Crippen LogP contribution in [0.25, 0.3) is 0 Å². The van der Waals surface area contributed by atoms with Gasteiger partial charge in [-0.2, -0.15) is 0 Å². The summed E-state index contributed by atoms with van der Waals surface area (Å²) in [4.78, 5) is 8.00. The summed E-state index contributed by atoms with van der Waals surface area (Å²) in [5.74, 6) is 4.05. The smallest absolute Gasteiger partial charge is 0.169 e. The van der Waals surface area contributed by atoms with E-state index in [0.29, 0.717) is 23.7 Å². The zero-order valence-corrected chi connectivity index (χ0v) is 22.3. The van der Waals surface area contributed by atoms with E-state index in [4.69, 9.17) is 20.9 Å². The second-order valence-electron chi connectivity index (χ2n) is 10.0. The lowest BCUT2D eigenvalue weighted by Crippen LogP contribution is -2.44. The fourth-order valence-corrected chi connectivity index (χ4v) is 7.28. The summed E-state index contributed by atoms with van der Waals surface area (Å²) in [5, 5.41) is 21.9. The molecule has 192 valence electrons. The molecular formula is C28H40ClN3O3. The summed E-state index contributed by atoms with van der Waals surface area (Å²) >= 11 is 6.28. The van der Waals surface area contributed by atoms with Crippen molar-refractivity contribution in [3.8, 4) is 0 Å². The Morgan fingerprint density at radius 2 is 2.06 bits per heavy atom. The number of rotatable bonds is 5. The zero-order chi connectivity index (χ0) is 25.6. The summed E-state index contributed by atoms with van der Waals surface area (Å²) in [5.41, 5.74) is 4.01. The molecule has 3 aliphatic carbocycles. The lowest BCUT2D eigenvalue weighted by molar-refractivity contribution is -0.0980. The number of hydrogen-bond donors (Lipinski definition) is 2. The summed E-state index contributed by atoms with van der Waals surface area (Å²) < 4.78 is 5.14. The van der Waals surface area contributed by atoms with Crippen LogP contribution in [0.1, 0.15) is 82.1 Å². The van der Waals surface area contributed by atoms with E-state index in [2.05, 4.69) is 40.8 Å². The summed E-state index contributed by atoms with van der Waals surface area (Å²) in [6.45, 7) is 11.1. The number of aromatic nitrogens is 1. The van der Waals surface area contributed by atoms with Gasteiger partial charge in [0.2, 0.25) is 0 Å². The Bertz CT molecular complexity index is 1010. The normalized spacial score (nSPS) is 29.6. The molecule has 5 rings (SSSR count). The minimum atomic E-state index is 0.0289. The van der Waals surface area contributed by atoms with Crippen molar-refractivity contribution < 1.29 is 14.5 Å². The molecule has 0 bridgehead atoms. The Balaban J connectivity index is 0.000000815. The van der Waals surface area contributed by atoms with Crippen LogP contribution in [-0.2, 0) is 11.2 Å². The molecule has 2 saturated carbocycles. The van der Waals surface area contributed by atoms with E-state index >= 15 is 0 Å². The highest BCUT2D eigenvalue weighted by Crippen LogP contribution is 2.62. The third-order valence-corrected chi connectivity index (χ3v) is 8.60. The van der Waals surface area contributed by atoms with Crippen LogP contribution in [0.4, 0.5) is 5.82 Å². The first-order chi connectivity index (χ1) is 17.0. The summed E-state index contributed by atoms with van der Waals surface area (Å²) in [7, 11) is 0. The van der Waals surface area contributed by atoms with Crippen molar-refractivity contribution in [1.82, 2.24) is 5.16 Å². The molecule has 2 N–H and O–H groups in total. The molecule has 7 heteroatoms. The van der Waals surface area contributed by atoms with Crippen molar-refractivity contribution >= 4 is 29.9 Å². The van der Waals surface area contributed by atoms with Gasteiger partial charge in [-0.3, -0.25) is 0 Å². The molecule has 3 aliphatic rings. The monoisotopic (exact) mass is 501 g/mol. The molecule has 2 fully saturated rings. The first-order valence-electron chi connectivity index (χ1n) is 13.0. The maximum Gasteiger partial charge on any atom is 0.169 e. The van der Waals surface area contributed by atoms with Crippen LogP contribution in [0.15, 0.2) is 33.9 Å². The van der Waals surface area contributed by atoms with E-state index in [1.165, 1.54) is 24.0 Å². The summed E-state index contributed by atoms with van der Waals surface area (Å²) in [6.07, 6.45) is 7.74. The lowest BCUT2D eigenvalue weighted by atomic mass is 9.54. The van der Waals surface area contributed by atoms with Gasteiger partial charge in [0.25, 0.3) is 0 Å². The number of carbonyl (C=O) groups excluding carboxylic acids is 1. The van der Waals surface area contributed by atoms with Crippen LogP contribution in [0.5, 0.6) is 0 Å². The van der Waals surface area contributed by atoms with Gasteiger partial charge in [-0.1, -0.05) is 48.8 Å². The second-order valence-corrected chi connectivity index (χ2v) is 10.5. The molecule has 0 aliphatic heterocycles.